The summed E-state index contributed by atoms with van der Waals surface area (Å²) in [6.45, 7) is 0. The smallest absolute Gasteiger partial charge is 0.304 e. The molecule has 0 bridgehead atoms. The van der Waals surface area contributed by atoms with Crippen LogP contribution in [0, 0.1) is 0 Å². The lowest BCUT2D eigenvalue weighted by Crippen LogP contribution is -2.38. The summed E-state index contributed by atoms with van der Waals surface area (Å²) >= 11 is 0. The predicted octanol–water partition coefficient (Wildman–Crippen LogP) is 9.06. The molecule has 6 aromatic carbocycles. The van der Waals surface area contributed by atoms with E-state index < -0.39 is 5.54 Å². The van der Waals surface area contributed by atoms with Crippen LogP contribution in [-0.4, -0.2) is 14.1 Å². The molecule has 1 aliphatic heterocycles. The summed E-state index contributed by atoms with van der Waals surface area (Å²) in [4.78, 5) is 5.04. The van der Waals surface area contributed by atoms with Crippen LogP contribution in [0.2, 0.25) is 0 Å². The lowest BCUT2D eigenvalue weighted by Gasteiger charge is -2.39. The van der Waals surface area contributed by atoms with Crippen molar-refractivity contribution >= 4 is 32.8 Å². The quantitative estimate of drug-likeness (QED) is 0.209. The molecule has 0 N–H and O–H groups in total. The van der Waals surface area contributed by atoms with Crippen LogP contribution in [0.15, 0.2) is 140 Å². The van der Waals surface area contributed by atoms with E-state index in [1.165, 1.54) is 44.1 Å². The van der Waals surface area contributed by atoms with Gasteiger partial charge in [0.1, 0.15) is 11.3 Å². The van der Waals surface area contributed by atoms with Crippen molar-refractivity contribution < 1.29 is 4.74 Å². The molecule has 1 spiro atoms. The van der Waals surface area contributed by atoms with E-state index in [2.05, 4.69) is 143 Å². The first-order valence-electron chi connectivity index (χ1n) is 14.3. The number of hydrogen-bond acceptors (Lipinski definition) is 2. The van der Waals surface area contributed by atoms with Crippen molar-refractivity contribution in [3.05, 3.63) is 156 Å². The minimum absolute atomic E-state index is 0.606. The summed E-state index contributed by atoms with van der Waals surface area (Å²) in [6, 6.07) is 50.5. The molecular formula is C38H23N3O. The van der Waals surface area contributed by atoms with Gasteiger partial charge in [-0.15, -0.1) is 0 Å². The summed E-state index contributed by atoms with van der Waals surface area (Å²) in [6.07, 6.45) is 0. The average Bonchev–Trinajstić information content (AvgIpc) is 3.68. The second-order valence-corrected chi connectivity index (χ2v) is 11.2. The van der Waals surface area contributed by atoms with E-state index >= 15 is 0 Å². The van der Waals surface area contributed by atoms with Crippen LogP contribution < -0.4 is 4.74 Å². The molecule has 42 heavy (non-hydrogen) atoms. The van der Waals surface area contributed by atoms with Crippen LogP contribution in [0.1, 0.15) is 16.7 Å². The van der Waals surface area contributed by atoms with Crippen LogP contribution in [0.3, 0.4) is 0 Å². The van der Waals surface area contributed by atoms with Gasteiger partial charge in [-0.25, -0.2) is 0 Å². The first-order chi connectivity index (χ1) is 20.8. The minimum atomic E-state index is -0.619. The lowest BCUT2D eigenvalue weighted by molar-refractivity contribution is 0.340. The third kappa shape index (κ3) is 2.56. The Labute approximate surface area is 241 Å². The Hall–Kier alpha value is -5.61. The molecule has 4 nitrogen and oxygen atoms in total. The predicted molar refractivity (Wildman–Crippen MR) is 168 cm³/mol. The number of aromatic nitrogens is 3. The number of imidazole rings is 1. The number of nitrogens with zero attached hydrogens (tertiary/aromatic N) is 3. The highest BCUT2D eigenvalue weighted by atomic mass is 16.5. The largest absolute Gasteiger partial charge is 0.425 e. The van der Waals surface area contributed by atoms with E-state index in [9.17, 15) is 0 Å². The van der Waals surface area contributed by atoms with Crippen molar-refractivity contribution in [2.75, 3.05) is 0 Å². The van der Waals surface area contributed by atoms with Crippen molar-refractivity contribution in [2.45, 2.75) is 5.54 Å². The van der Waals surface area contributed by atoms with Gasteiger partial charge in [0.05, 0.1) is 22.1 Å². The first-order valence-corrected chi connectivity index (χ1v) is 14.3. The second kappa shape index (κ2) is 7.77. The van der Waals surface area contributed by atoms with Crippen LogP contribution in [0.4, 0.5) is 0 Å². The molecule has 3 heterocycles. The number of ether oxygens (including phenoxy) is 1. The summed E-state index contributed by atoms with van der Waals surface area (Å²) in [5.41, 5.74) is 10.8. The Morgan fingerprint density at radius 3 is 1.79 bits per heavy atom. The summed E-state index contributed by atoms with van der Waals surface area (Å²) in [7, 11) is 0. The molecule has 0 unspecified atom stereocenters. The fourth-order valence-electron chi connectivity index (χ4n) is 7.59. The molecule has 196 valence electrons. The molecular weight excluding hydrogens is 514 g/mol. The van der Waals surface area contributed by atoms with E-state index in [-0.39, 0.29) is 0 Å². The number of hydrogen-bond donors (Lipinski definition) is 0. The van der Waals surface area contributed by atoms with Crippen LogP contribution >= 0.6 is 0 Å². The number of rotatable bonds is 1. The normalized spacial score (nSPS) is 14.1. The molecule has 4 heteroatoms. The molecule has 2 aliphatic rings. The zero-order valence-corrected chi connectivity index (χ0v) is 22.5. The van der Waals surface area contributed by atoms with E-state index in [1.807, 2.05) is 6.07 Å². The summed E-state index contributed by atoms with van der Waals surface area (Å²) < 4.78 is 11.4. The highest BCUT2D eigenvalue weighted by Crippen LogP contribution is 2.59. The Morgan fingerprint density at radius 1 is 0.524 bits per heavy atom. The zero-order valence-electron chi connectivity index (χ0n) is 22.5. The standard InChI is InChI=1S/C38H23N3O/c1-5-15-29-25(11-1)26-12-2-6-16-30(26)38(29)31-22-21-24(23-36(31)42-37-39-32-17-7-10-20-35(32)41(37)38)40-33-18-8-3-13-27(33)28-14-4-9-19-34(28)40/h1-23H. The van der Waals surface area contributed by atoms with Gasteiger partial charge in [-0.3, -0.25) is 4.57 Å². The van der Waals surface area contributed by atoms with Crippen molar-refractivity contribution in [2.24, 2.45) is 0 Å². The van der Waals surface area contributed by atoms with Gasteiger partial charge in [-0.1, -0.05) is 103 Å². The fourth-order valence-corrected chi connectivity index (χ4v) is 7.59. The molecule has 10 rings (SSSR count). The topological polar surface area (TPSA) is 32.0 Å². The fraction of sp³-hybridized carbons (Fsp3) is 0.0263. The number of fused-ring (bicyclic) bond motifs is 14. The average molecular weight is 538 g/mol. The molecule has 2 aromatic heterocycles. The first kappa shape index (κ1) is 22.1. The van der Waals surface area contributed by atoms with Gasteiger partial charge < -0.3 is 9.30 Å². The Bertz CT molecular complexity index is 2310. The zero-order chi connectivity index (χ0) is 27.4. The van der Waals surface area contributed by atoms with Gasteiger partial charge >= 0.3 is 6.01 Å². The molecule has 0 fully saturated rings. The molecule has 0 amide bonds. The van der Waals surface area contributed by atoms with Crippen LogP contribution in [-0.2, 0) is 5.54 Å². The van der Waals surface area contributed by atoms with Gasteiger partial charge in [0.15, 0.2) is 0 Å². The SMILES string of the molecule is c1ccc2c(c1)-c1ccccc1C21c2ccc(-n3c4ccccc4c4ccccc43)cc2Oc2nc3ccccc3n21. The molecule has 0 saturated carbocycles. The van der Waals surface area contributed by atoms with Gasteiger partial charge in [-0.2, -0.15) is 4.98 Å². The van der Waals surface area contributed by atoms with E-state index in [1.54, 1.807) is 0 Å². The Morgan fingerprint density at radius 2 is 1.10 bits per heavy atom. The Balaban J connectivity index is 1.33. The summed E-state index contributed by atoms with van der Waals surface area (Å²) in [5, 5.41) is 2.48. The van der Waals surface area contributed by atoms with Gasteiger partial charge in [0.25, 0.3) is 0 Å². The maximum atomic E-state index is 6.78. The van der Waals surface area contributed by atoms with E-state index in [4.69, 9.17) is 9.72 Å². The highest BCUT2D eigenvalue weighted by molar-refractivity contribution is 6.09. The van der Waals surface area contributed by atoms with Crippen LogP contribution in [0.5, 0.6) is 11.8 Å². The molecule has 1 aliphatic carbocycles. The number of benzene rings is 6. The van der Waals surface area contributed by atoms with Gasteiger partial charge in [-0.05, 0) is 52.6 Å². The third-order valence-corrected chi connectivity index (χ3v) is 9.18. The monoisotopic (exact) mass is 537 g/mol. The number of para-hydroxylation sites is 4. The van der Waals surface area contributed by atoms with Crippen molar-refractivity contribution in [3.63, 3.8) is 0 Å². The summed E-state index contributed by atoms with van der Waals surface area (Å²) in [5.74, 6) is 0.823. The molecule has 0 atom stereocenters. The van der Waals surface area contributed by atoms with Crippen molar-refractivity contribution in [1.82, 2.24) is 14.1 Å². The van der Waals surface area contributed by atoms with Crippen molar-refractivity contribution in [1.29, 1.82) is 0 Å². The molecule has 8 aromatic rings. The maximum Gasteiger partial charge on any atom is 0.304 e. The van der Waals surface area contributed by atoms with Gasteiger partial charge in [0.2, 0.25) is 0 Å². The minimum Gasteiger partial charge on any atom is -0.425 e. The van der Waals surface area contributed by atoms with Crippen molar-refractivity contribution in [3.8, 4) is 28.6 Å². The van der Waals surface area contributed by atoms with Crippen LogP contribution in [0.25, 0.3) is 49.7 Å². The maximum absolute atomic E-state index is 6.78. The molecule has 0 radical (unpaired) electrons. The highest BCUT2D eigenvalue weighted by Gasteiger charge is 2.52. The lowest BCUT2D eigenvalue weighted by atomic mass is 9.79. The third-order valence-electron chi connectivity index (χ3n) is 9.18. The van der Waals surface area contributed by atoms with E-state index in [0.29, 0.717) is 6.01 Å². The van der Waals surface area contributed by atoms with Gasteiger partial charge in [0, 0.05) is 28.1 Å². The Kier molecular flexibility index (Phi) is 4.09. The second-order valence-electron chi connectivity index (χ2n) is 11.2. The molecule has 0 saturated heterocycles. The van der Waals surface area contributed by atoms with E-state index in [0.717, 1.165) is 28.0 Å².